The zero-order valence-electron chi connectivity index (χ0n) is 13.6. The zero-order valence-corrected chi connectivity index (χ0v) is 13.6. The molecule has 0 bridgehead atoms. The Morgan fingerprint density at radius 1 is 1.00 bits per heavy atom. The summed E-state index contributed by atoms with van der Waals surface area (Å²) in [6, 6.07) is 9.71. The van der Waals surface area contributed by atoms with Gasteiger partial charge in [-0.25, -0.2) is 4.79 Å². The quantitative estimate of drug-likeness (QED) is 0.404. The van der Waals surface area contributed by atoms with Crippen LogP contribution in [0.4, 0.5) is 4.79 Å². The van der Waals surface area contributed by atoms with Crippen molar-refractivity contribution in [3.8, 4) is 0 Å². The Hall–Kier alpha value is -1.55. The van der Waals surface area contributed by atoms with E-state index >= 15 is 0 Å². The Bertz CT molecular complexity index is 435. The average molecular weight is 294 g/mol. The number of carbonyl (C=O) groups is 1. The molecular weight excluding hydrogens is 268 g/mol. The SMILES string of the molecule is CCC(C)(C)OOC(=O)OC(CC)(CC)c1ccccc1. The monoisotopic (exact) mass is 294 g/mol. The highest BCUT2D eigenvalue weighted by Crippen LogP contribution is 2.33. The second-order valence-corrected chi connectivity index (χ2v) is 5.70. The summed E-state index contributed by atoms with van der Waals surface area (Å²) in [5.74, 6) is 0. The van der Waals surface area contributed by atoms with Crippen molar-refractivity contribution in [3.05, 3.63) is 35.9 Å². The number of benzene rings is 1. The lowest BCUT2D eigenvalue weighted by Gasteiger charge is -2.31. The van der Waals surface area contributed by atoms with Crippen molar-refractivity contribution in [2.45, 2.75) is 65.1 Å². The molecule has 0 saturated heterocycles. The van der Waals surface area contributed by atoms with Crippen LogP contribution in [0.2, 0.25) is 0 Å². The summed E-state index contributed by atoms with van der Waals surface area (Å²) in [5, 5.41) is 0. The lowest BCUT2D eigenvalue weighted by atomic mass is 9.88. The van der Waals surface area contributed by atoms with Crippen molar-refractivity contribution in [1.29, 1.82) is 0 Å². The van der Waals surface area contributed by atoms with E-state index in [1.807, 2.05) is 65.0 Å². The van der Waals surface area contributed by atoms with Crippen LogP contribution in [0.15, 0.2) is 30.3 Å². The maximum atomic E-state index is 11.9. The average Bonchev–Trinajstić information content (AvgIpc) is 2.52. The van der Waals surface area contributed by atoms with Crippen LogP contribution >= 0.6 is 0 Å². The summed E-state index contributed by atoms with van der Waals surface area (Å²) < 4.78 is 5.58. The second-order valence-electron chi connectivity index (χ2n) is 5.70. The second kappa shape index (κ2) is 7.46. The van der Waals surface area contributed by atoms with Crippen LogP contribution in [0.25, 0.3) is 0 Å². The molecule has 0 aliphatic carbocycles. The Balaban J connectivity index is 2.78. The normalized spacial score (nSPS) is 12.0. The smallest absolute Gasteiger partial charge is 0.421 e. The van der Waals surface area contributed by atoms with Crippen LogP contribution in [-0.2, 0) is 20.1 Å². The molecular formula is C17H26O4. The summed E-state index contributed by atoms with van der Waals surface area (Å²) in [5.41, 5.74) is -0.244. The maximum absolute atomic E-state index is 11.9. The topological polar surface area (TPSA) is 44.8 Å². The molecule has 21 heavy (non-hydrogen) atoms. The van der Waals surface area contributed by atoms with Crippen LogP contribution in [0.1, 0.15) is 59.4 Å². The van der Waals surface area contributed by atoms with E-state index in [-0.39, 0.29) is 0 Å². The molecule has 0 saturated carbocycles. The van der Waals surface area contributed by atoms with Crippen LogP contribution in [-0.4, -0.2) is 11.8 Å². The van der Waals surface area contributed by atoms with E-state index in [9.17, 15) is 4.79 Å². The summed E-state index contributed by atoms with van der Waals surface area (Å²) in [7, 11) is 0. The summed E-state index contributed by atoms with van der Waals surface area (Å²) in [6.45, 7) is 9.64. The van der Waals surface area contributed by atoms with Gasteiger partial charge in [-0.1, -0.05) is 51.1 Å². The molecule has 0 atom stereocenters. The van der Waals surface area contributed by atoms with E-state index < -0.39 is 17.4 Å². The van der Waals surface area contributed by atoms with Gasteiger partial charge in [-0.3, -0.25) is 4.89 Å². The van der Waals surface area contributed by atoms with Crippen LogP contribution in [0.5, 0.6) is 0 Å². The molecule has 1 aromatic carbocycles. The molecule has 0 N–H and O–H groups in total. The molecule has 1 rings (SSSR count). The summed E-state index contributed by atoms with van der Waals surface area (Å²) >= 11 is 0. The van der Waals surface area contributed by atoms with Gasteiger partial charge < -0.3 is 4.74 Å². The first-order chi connectivity index (χ1) is 9.89. The molecule has 0 aliphatic heterocycles. The highest BCUT2D eigenvalue weighted by Gasteiger charge is 2.34. The molecule has 0 aromatic heterocycles. The van der Waals surface area contributed by atoms with E-state index in [0.717, 1.165) is 12.0 Å². The highest BCUT2D eigenvalue weighted by atomic mass is 17.2. The van der Waals surface area contributed by atoms with Crippen molar-refractivity contribution in [2.75, 3.05) is 0 Å². The fourth-order valence-corrected chi connectivity index (χ4v) is 1.99. The Morgan fingerprint density at radius 2 is 1.57 bits per heavy atom. The number of carbonyl (C=O) groups excluding carboxylic acids is 1. The maximum Gasteiger partial charge on any atom is 0.541 e. The molecule has 0 fully saturated rings. The number of ether oxygens (including phenoxy) is 1. The minimum atomic E-state index is -0.802. The van der Waals surface area contributed by atoms with E-state index in [4.69, 9.17) is 14.5 Å². The molecule has 0 radical (unpaired) electrons. The van der Waals surface area contributed by atoms with Crippen molar-refractivity contribution in [2.24, 2.45) is 0 Å². The summed E-state index contributed by atoms with van der Waals surface area (Å²) in [6.07, 6.45) is 1.26. The predicted octanol–water partition coefficient (Wildman–Crippen LogP) is 4.98. The minimum absolute atomic E-state index is 0.521. The van der Waals surface area contributed by atoms with Crippen molar-refractivity contribution < 1.29 is 19.3 Å². The van der Waals surface area contributed by atoms with Gasteiger partial charge in [0.2, 0.25) is 0 Å². The van der Waals surface area contributed by atoms with Gasteiger partial charge in [-0.2, -0.15) is 4.89 Å². The molecule has 0 heterocycles. The third-order valence-corrected chi connectivity index (χ3v) is 3.91. The molecule has 0 unspecified atom stereocenters. The fourth-order valence-electron chi connectivity index (χ4n) is 1.99. The predicted molar refractivity (Wildman–Crippen MR) is 81.7 cm³/mol. The minimum Gasteiger partial charge on any atom is -0.421 e. The molecule has 0 aliphatic rings. The standard InChI is InChI=1S/C17H26O4/c1-6-16(4,5)21-20-15(18)19-17(7-2,8-3)14-12-10-9-11-13-14/h9-13H,6-8H2,1-5H3. The Morgan fingerprint density at radius 3 is 2.05 bits per heavy atom. The van der Waals surface area contributed by atoms with Gasteiger partial charge in [-0.15, -0.1) is 0 Å². The lowest BCUT2D eigenvalue weighted by molar-refractivity contribution is -0.323. The first kappa shape index (κ1) is 17.5. The lowest BCUT2D eigenvalue weighted by Crippen LogP contribution is -2.33. The van der Waals surface area contributed by atoms with Crippen molar-refractivity contribution in [3.63, 3.8) is 0 Å². The van der Waals surface area contributed by atoms with Gasteiger partial charge >= 0.3 is 6.16 Å². The first-order valence-electron chi connectivity index (χ1n) is 7.53. The molecule has 4 nitrogen and oxygen atoms in total. The molecule has 1 aromatic rings. The van der Waals surface area contributed by atoms with Gasteiger partial charge in [0.1, 0.15) is 11.2 Å². The number of hydrogen-bond donors (Lipinski definition) is 0. The molecule has 0 amide bonds. The molecule has 0 spiro atoms. The Labute approximate surface area is 127 Å². The van der Waals surface area contributed by atoms with E-state index in [2.05, 4.69) is 0 Å². The first-order valence-corrected chi connectivity index (χ1v) is 7.53. The fraction of sp³-hybridized carbons (Fsp3) is 0.588. The van der Waals surface area contributed by atoms with E-state index in [1.54, 1.807) is 0 Å². The van der Waals surface area contributed by atoms with Crippen molar-refractivity contribution >= 4 is 6.16 Å². The van der Waals surface area contributed by atoms with Gasteiger partial charge in [-0.05, 0) is 38.7 Å². The molecule has 118 valence electrons. The van der Waals surface area contributed by atoms with E-state index in [1.165, 1.54) is 0 Å². The zero-order chi connectivity index (χ0) is 15.9. The largest absolute Gasteiger partial charge is 0.541 e. The Kier molecular flexibility index (Phi) is 6.21. The third-order valence-electron chi connectivity index (χ3n) is 3.91. The number of rotatable bonds is 7. The van der Waals surface area contributed by atoms with Gasteiger partial charge in [0, 0.05) is 0 Å². The number of hydrogen-bond acceptors (Lipinski definition) is 4. The van der Waals surface area contributed by atoms with Gasteiger partial charge in [0.15, 0.2) is 0 Å². The van der Waals surface area contributed by atoms with E-state index in [0.29, 0.717) is 12.8 Å². The van der Waals surface area contributed by atoms with Crippen LogP contribution in [0, 0.1) is 0 Å². The van der Waals surface area contributed by atoms with Crippen LogP contribution < -0.4 is 0 Å². The summed E-state index contributed by atoms with van der Waals surface area (Å²) in [4.78, 5) is 21.9. The van der Waals surface area contributed by atoms with Crippen molar-refractivity contribution in [1.82, 2.24) is 0 Å². The van der Waals surface area contributed by atoms with Crippen LogP contribution in [0.3, 0.4) is 0 Å². The molecule has 4 heteroatoms. The van der Waals surface area contributed by atoms with Gasteiger partial charge in [0.05, 0.1) is 0 Å². The highest BCUT2D eigenvalue weighted by molar-refractivity contribution is 5.60. The van der Waals surface area contributed by atoms with Gasteiger partial charge in [0.25, 0.3) is 0 Å². The third kappa shape index (κ3) is 4.74.